The number of anilines is 1. The largest absolute Gasteiger partial charge is 0.493 e. The predicted octanol–water partition coefficient (Wildman–Crippen LogP) is 4.90. The van der Waals surface area contributed by atoms with E-state index < -0.39 is 11.2 Å². The monoisotopic (exact) mass is 460 g/mol. The Morgan fingerprint density at radius 2 is 1.84 bits per heavy atom. The van der Waals surface area contributed by atoms with E-state index in [1.165, 1.54) is 28.8 Å². The zero-order valence-corrected chi connectivity index (χ0v) is 18.0. The third-order valence-corrected chi connectivity index (χ3v) is 5.88. The van der Waals surface area contributed by atoms with Crippen molar-refractivity contribution in [3.05, 3.63) is 76.5 Å². The van der Waals surface area contributed by atoms with Gasteiger partial charge >= 0.3 is 11.2 Å². The van der Waals surface area contributed by atoms with Crippen molar-refractivity contribution in [3.63, 3.8) is 0 Å². The first-order valence-corrected chi connectivity index (χ1v) is 10.4. The van der Waals surface area contributed by atoms with Gasteiger partial charge in [-0.25, -0.2) is 9.36 Å². The number of aromatic hydroxyl groups is 1. The van der Waals surface area contributed by atoms with Crippen molar-refractivity contribution < 1.29 is 18.3 Å². The lowest BCUT2D eigenvalue weighted by atomic mass is 10.1. The molecule has 2 aromatic heterocycles. The molecule has 0 radical (unpaired) electrons. The van der Waals surface area contributed by atoms with Crippen molar-refractivity contribution in [2.24, 2.45) is 0 Å². The fourth-order valence-electron chi connectivity index (χ4n) is 3.52. The third-order valence-electron chi connectivity index (χ3n) is 5.14. The number of benzene rings is 2. The van der Waals surface area contributed by atoms with Crippen LogP contribution in [0.5, 0.6) is 5.88 Å². The van der Waals surface area contributed by atoms with Gasteiger partial charge in [0.25, 0.3) is 0 Å². The molecule has 6 nitrogen and oxygen atoms in total. The lowest BCUT2D eigenvalue weighted by molar-refractivity contribution is -0.0328. The molecule has 2 N–H and O–H groups in total. The maximum absolute atomic E-state index is 13.1. The molecule has 0 atom stereocenters. The van der Waals surface area contributed by atoms with Crippen molar-refractivity contribution in [1.82, 2.24) is 14.1 Å². The second-order valence-electron chi connectivity index (χ2n) is 7.11. The van der Waals surface area contributed by atoms with Gasteiger partial charge in [0.15, 0.2) is 0 Å². The van der Waals surface area contributed by atoms with Crippen molar-refractivity contribution in [3.8, 4) is 11.6 Å². The first-order valence-electron chi connectivity index (χ1n) is 9.60. The van der Waals surface area contributed by atoms with E-state index in [4.69, 9.17) is 0 Å². The first kappa shape index (κ1) is 21.8. The summed E-state index contributed by atoms with van der Waals surface area (Å²) in [5.74, 6) is -0.263. The zero-order chi connectivity index (χ0) is 23.0. The molecule has 2 aromatic carbocycles. The maximum Gasteiger partial charge on any atom is 0.446 e. The topological polar surface area (TPSA) is 72.1 Å². The molecule has 0 bridgehead atoms. The molecule has 4 rings (SSSR count). The molecule has 166 valence electrons. The van der Waals surface area contributed by atoms with E-state index in [0.717, 1.165) is 26.7 Å². The van der Waals surface area contributed by atoms with Crippen LogP contribution in [0.3, 0.4) is 0 Å². The minimum absolute atomic E-state index is 0.00598. The summed E-state index contributed by atoms with van der Waals surface area (Å²) in [6, 6.07) is 12.8. The number of hydrogen-bond donors (Lipinski definition) is 2. The number of imidazole rings is 1. The third kappa shape index (κ3) is 4.18. The molecule has 0 aliphatic rings. The summed E-state index contributed by atoms with van der Waals surface area (Å²) >= 11 is -0.239. The number of fused-ring (bicyclic) bond motifs is 1. The van der Waals surface area contributed by atoms with Gasteiger partial charge in [-0.15, -0.1) is 0 Å². The Morgan fingerprint density at radius 1 is 1.12 bits per heavy atom. The molecule has 0 saturated carbocycles. The summed E-state index contributed by atoms with van der Waals surface area (Å²) < 4.78 is 40.2. The highest BCUT2D eigenvalue weighted by atomic mass is 32.2. The van der Waals surface area contributed by atoms with Crippen LogP contribution in [-0.4, -0.2) is 31.8 Å². The number of aromatic nitrogens is 3. The quantitative estimate of drug-likeness (QED) is 0.415. The number of pyridine rings is 1. The summed E-state index contributed by atoms with van der Waals surface area (Å²) in [6.45, 7) is 1.81. The molecule has 2 heterocycles. The number of rotatable bonds is 5. The molecular formula is C22H19F3N4O2S. The van der Waals surface area contributed by atoms with E-state index in [0.29, 0.717) is 5.69 Å². The van der Waals surface area contributed by atoms with Gasteiger partial charge in [0.2, 0.25) is 5.88 Å². The Balaban J connectivity index is 1.74. The summed E-state index contributed by atoms with van der Waals surface area (Å²) in [4.78, 5) is 17.5. The van der Waals surface area contributed by atoms with Crippen molar-refractivity contribution in [1.29, 1.82) is 0 Å². The molecule has 0 amide bonds. The average molecular weight is 460 g/mol. The molecule has 0 saturated heterocycles. The Bertz CT molecular complexity index is 1340. The Labute approximate surface area is 185 Å². The normalized spacial score (nSPS) is 11.8. The van der Waals surface area contributed by atoms with Crippen LogP contribution in [0, 0.1) is 6.92 Å². The molecule has 0 unspecified atom stereocenters. The van der Waals surface area contributed by atoms with Gasteiger partial charge in [-0.05, 0) is 72.8 Å². The molecular weight excluding hydrogens is 441 g/mol. The van der Waals surface area contributed by atoms with Gasteiger partial charge < -0.3 is 10.4 Å². The summed E-state index contributed by atoms with van der Waals surface area (Å²) in [7, 11) is 1.81. The molecule has 32 heavy (non-hydrogen) atoms. The van der Waals surface area contributed by atoms with Gasteiger partial charge in [-0.3, -0.25) is 9.55 Å². The molecule has 0 fully saturated rings. The highest BCUT2D eigenvalue weighted by Gasteiger charge is 2.29. The van der Waals surface area contributed by atoms with Crippen LogP contribution in [0.25, 0.3) is 16.6 Å². The smallest absolute Gasteiger partial charge is 0.446 e. The fraction of sp³-hybridized carbons (Fsp3) is 0.182. The van der Waals surface area contributed by atoms with Crippen LogP contribution in [0.15, 0.2) is 64.4 Å². The van der Waals surface area contributed by atoms with E-state index in [2.05, 4.69) is 10.3 Å². The highest BCUT2D eigenvalue weighted by molar-refractivity contribution is 8.00. The molecule has 10 heteroatoms. The summed E-state index contributed by atoms with van der Waals surface area (Å²) in [6.07, 6.45) is 1.66. The summed E-state index contributed by atoms with van der Waals surface area (Å²) in [5.41, 5.74) is -1.77. The highest BCUT2D eigenvalue weighted by Crippen LogP contribution is 2.37. The Kier molecular flexibility index (Phi) is 5.64. The minimum Gasteiger partial charge on any atom is -0.493 e. The molecule has 0 aliphatic carbocycles. The van der Waals surface area contributed by atoms with Crippen LogP contribution < -0.4 is 11.0 Å². The van der Waals surface area contributed by atoms with Crippen LogP contribution in [0.2, 0.25) is 0 Å². The van der Waals surface area contributed by atoms with Crippen LogP contribution in [0.4, 0.5) is 18.9 Å². The summed E-state index contributed by atoms with van der Waals surface area (Å²) in [5, 5.41) is 14.6. The number of thioether (sulfide) groups is 1. The lowest BCUT2D eigenvalue weighted by Gasteiger charge is -2.09. The van der Waals surface area contributed by atoms with Gasteiger partial charge in [0.1, 0.15) is 0 Å². The van der Waals surface area contributed by atoms with Crippen LogP contribution in [0.1, 0.15) is 11.3 Å². The minimum atomic E-state index is -4.40. The molecule has 4 aromatic rings. The van der Waals surface area contributed by atoms with E-state index in [1.807, 2.05) is 31.3 Å². The lowest BCUT2D eigenvalue weighted by Crippen LogP contribution is -2.24. The number of nitrogens with zero attached hydrogens (tertiary/aromatic N) is 3. The van der Waals surface area contributed by atoms with E-state index in [-0.39, 0.29) is 34.8 Å². The molecule has 0 spiro atoms. The standard InChI is InChI=1S/C22H19F3N4O2S/c1-13-20(30)29(16-4-6-17(7-5-16)32-22(23,24)25)21(31)28(13)12-14-9-10-27-19-8-3-15(26-2)11-18(14)19/h3-11,26,30H,12H2,1-2H3. The molecule has 0 aliphatic heterocycles. The number of alkyl halides is 3. The zero-order valence-electron chi connectivity index (χ0n) is 17.1. The second-order valence-corrected chi connectivity index (χ2v) is 8.25. The van der Waals surface area contributed by atoms with Gasteiger partial charge in [-0.2, -0.15) is 13.2 Å². The van der Waals surface area contributed by atoms with E-state index >= 15 is 0 Å². The first-order chi connectivity index (χ1) is 15.2. The number of nitrogens with one attached hydrogen (secondary N) is 1. The van der Waals surface area contributed by atoms with Crippen molar-refractivity contribution >= 4 is 28.4 Å². The number of halogens is 3. The van der Waals surface area contributed by atoms with Crippen LogP contribution in [-0.2, 0) is 6.54 Å². The van der Waals surface area contributed by atoms with Gasteiger partial charge in [0, 0.05) is 29.2 Å². The van der Waals surface area contributed by atoms with E-state index in [9.17, 15) is 23.1 Å². The maximum atomic E-state index is 13.1. The predicted molar refractivity (Wildman–Crippen MR) is 119 cm³/mol. The fourth-order valence-corrected chi connectivity index (χ4v) is 4.06. The van der Waals surface area contributed by atoms with E-state index in [1.54, 1.807) is 13.1 Å². The Morgan fingerprint density at radius 3 is 2.50 bits per heavy atom. The average Bonchev–Trinajstić information content (AvgIpc) is 2.96. The van der Waals surface area contributed by atoms with Gasteiger partial charge in [-0.1, -0.05) is 0 Å². The van der Waals surface area contributed by atoms with Crippen molar-refractivity contribution in [2.45, 2.75) is 23.9 Å². The number of hydrogen-bond acceptors (Lipinski definition) is 5. The Hall–Kier alpha value is -3.40. The second kappa shape index (κ2) is 8.27. The van der Waals surface area contributed by atoms with Gasteiger partial charge in [0.05, 0.1) is 23.4 Å². The van der Waals surface area contributed by atoms with Crippen LogP contribution >= 0.6 is 11.8 Å². The van der Waals surface area contributed by atoms with Crippen molar-refractivity contribution in [2.75, 3.05) is 12.4 Å². The SMILES string of the molecule is CNc1ccc2nccc(Cn3c(C)c(O)n(-c4ccc(SC(F)(F)F)cc4)c3=O)c2c1.